The summed E-state index contributed by atoms with van der Waals surface area (Å²) in [5, 5.41) is 7.32. The maximum atomic E-state index is 12.1. The molecule has 3 N–H and O–H groups in total. The number of aromatic nitrogens is 4. The molecule has 0 saturated heterocycles. The Morgan fingerprint density at radius 3 is 2.78 bits per heavy atom. The molecule has 2 aromatic rings. The molecule has 1 amide bonds. The minimum atomic E-state index is -0.314. The number of anilines is 2. The lowest BCUT2D eigenvalue weighted by molar-refractivity contribution is 0.101. The predicted octanol–water partition coefficient (Wildman–Crippen LogP) is 1.21. The highest BCUT2D eigenvalue weighted by Gasteiger charge is 2.20. The van der Waals surface area contributed by atoms with Gasteiger partial charge in [-0.25, -0.2) is 4.98 Å². The molecule has 2 heterocycles. The van der Waals surface area contributed by atoms with E-state index >= 15 is 0 Å². The monoisotopic (exact) mass is 266 g/mol. The number of carbonyl (C=O) groups is 1. The van der Waals surface area contributed by atoms with Crippen LogP contribution in [0.4, 0.5) is 10.8 Å². The Kier molecular flexibility index (Phi) is 3.28. The van der Waals surface area contributed by atoms with Crippen LogP contribution >= 0.6 is 11.5 Å². The lowest BCUT2D eigenvalue weighted by Crippen LogP contribution is -2.18. The van der Waals surface area contributed by atoms with Crippen molar-refractivity contribution in [1.29, 1.82) is 0 Å². The highest BCUT2D eigenvalue weighted by Crippen LogP contribution is 2.19. The van der Waals surface area contributed by atoms with Crippen LogP contribution in [0.1, 0.15) is 28.9 Å². The third-order valence-electron chi connectivity index (χ3n) is 2.44. The van der Waals surface area contributed by atoms with Crippen molar-refractivity contribution >= 4 is 28.3 Å². The number of nitrogens with one attached hydrogen (secondary N) is 1. The Labute approximate surface area is 108 Å². The van der Waals surface area contributed by atoms with Crippen molar-refractivity contribution in [3.8, 4) is 0 Å². The molecule has 0 aliphatic carbocycles. The lowest BCUT2D eigenvalue weighted by atomic mass is 10.3. The SMILES string of the molecule is CCn1nc(C)c(N)c1C(=O)Nc1nc(C)ns1. The van der Waals surface area contributed by atoms with Crippen molar-refractivity contribution in [1.82, 2.24) is 19.1 Å². The number of hydrogen-bond acceptors (Lipinski definition) is 6. The van der Waals surface area contributed by atoms with Crippen LogP contribution in [0.25, 0.3) is 0 Å². The summed E-state index contributed by atoms with van der Waals surface area (Å²) in [5.74, 6) is 0.314. The summed E-state index contributed by atoms with van der Waals surface area (Å²) >= 11 is 1.14. The van der Waals surface area contributed by atoms with E-state index in [0.29, 0.717) is 34.6 Å². The van der Waals surface area contributed by atoms with E-state index in [-0.39, 0.29) is 5.91 Å². The molecule has 96 valence electrons. The third-order valence-corrected chi connectivity index (χ3v) is 3.16. The third kappa shape index (κ3) is 2.19. The zero-order valence-electron chi connectivity index (χ0n) is 10.4. The first-order valence-corrected chi connectivity index (χ1v) is 6.24. The second-order valence-corrected chi connectivity index (χ2v) is 4.52. The average Bonchev–Trinajstić information content (AvgIpc) is 2.84. The number of nitrogens with two attached hydrogens (primary N) is 1. The van der Waals surface area contributed by atoms with Crippen LogP contribution in [0.2, 0.25) is 0 Å². The van der Waals surface area contributed by atoms with Crippen LogP contribution in [0.15, 0.2) is 0 Å². The number of nitrogens with zero attached hydrogens (tertiary/aromatic N) is 4. The van der Waals surface area contributed by atoms with Crippen molar-refractivity contribution in [2.24, 2.45) is 0 Å². The highest BCUT2D eigenvalue weighted by molar-refractivity contribution is 7.09. The van der Waals surface area contributed by atoms with Gasteiger partial charge in [-0.2, -0.15) is 9.47 Å². The number of rotatable bonds is 3. The van der Waals surface area contributed by atoms with Gasteiger partial charge in [0.25, 0.3) is 5.91 Å². The Morgan fingerprint density at radius 1 is 1.50 bits per heavy atom. The molecule has 0 aromatic carbocycles. The highest BCUT2D eigenvalue weighted by atomic mass is 32.1. The molecule has 0 radical (unpaired) electrons. The quantitative estimate of drug-likeness (QED) is 0.869. The summed E-state index contributed by atoms with van der Waals surface area (Å²) < 4.78 is 5.57. The van der Waals surface area contributed by atoms with E-state index in [1.807, 2.05) is 6.92 Å². The van der Waals surface area contributed by atoms with Crippen molar-refractivity contribution in [3.63, 3.8) is 0 Å². The fourth-order valence-corrected chi connectivity index (χ4v) is 2.14. The van der Waals surface area contributed by atoms with Crippen molar-refractivity contribution in [2.45, 2.75) is 27.3 Å². The molecule has 2 rings (SSSR count). The second kappa shape index (κ2) is 4.73. The molecule has 0 aliphatic heterocycles. The van der Waals surface area contributed by atoms with Crippen LogP contribution in [-0.4, -0.2) is 25.0 Å². The maximum Gasteiger partial charge on any atom is 0.277 e. The molecule has 8 heteroatoms. The van der Waals surface area contributed by atoms with Gasteiger partial charge in [0.15, 0.2) is 0 Å². The minimum absolute atomic E-state index is 0.314. The molecular formula is C10H14N6OS. The normalized spacial score (nSPS) is 10.6. The van der Waals surface area contributed by atoms with Crippen LogP contribution in [0.3, 0.4) is 0 Å². The predicted molar refractivity (Wildman–Crippen MR) is 69.6 cm³/mol. The molecular weight excluding hydrogens is 252 g/mol. The Morgan fingerprint density at radius 2 is 2.22 bits per heavy atom. The zero-order valence-corrected chi connectivity index (χ0v) is 11.2. The summed E-state index contributed by atoms with van der Waals surface area (Å²) in [7, 11) is 0. The van der Waals surface area contributed by atoms with Crippen molar-refractivity contribution in [3.05, 3.63) is 17.2 Å². The Hall–Kier alpha value is -1.96. The molecule has 0 saturated carbocycles. The van der Waals surface area contributed by atoms with Gasteiger partial charge in [-0.3, -0.25) is 14.8 Å². The Balaban J connectivity index is 2.28. The number of nitrogen functional groups attached to an aromatic ring is 1. The summed E-state index contributed by atoms with van der Waals surface area (Å²) in [6, 6.07) is 0. The number of carbonyl (C=O) groups excluding carboxylic acids is 1. The van der Waals surface area contributed by atoms with Gasteiger partial charge in [0.05, 0.1) is 11.4 Å². The largest absolute Gasteiger partial charge is 0.395 e. The van der Waals surface area contributed by atoms with Gasteiger partial charge in [0.2, 0.25) is 5.13 Å². The van der Waals surface area contributed by atoms with E-state index in [1.165, 1.54) is 0 Å². The first kappa shape index (κ1) is 12.5. The molecule has 0 spiro atoms. The van der Waals surface area contributed by atoms with Crippen molar-refractivity contribution < 1.29 is 4.79 Å². The zero-order chi connectivity index (χ0) is 13.3. The lowest BCUT2D eigenvalue weighted by Gasteiger charge is -2.04. The van der Waals surface area contributed by atoms with Gasteiger partial charge < -0.3 is 5.73 Å². The Bertz CT molecular complexity index is 587. The van der Waals surface area contributed by atoms with Gasteiger partial charge >= 0.3 is 0 Å². The van der Waals surface area contributed by atoms with Gasteiger partial charge in [0, 0.05) is 18.1 Å². The van der Waals surface area contributed by atoms with E-state index < -0.39 is 0 Å². The minimum Gasteiger partial charge on any atom is -0.395 e. The van der Waals surface area contributed by atoms with Crippen molar-refractivity contribution in [2.75, 3.05) is 11.1 Å². The fraction of sp³-hybridized carbons (Fsp3) is 0.400. The van der Waals surface area contributed by atoms with Gasteiger partial charge in [-0.1, -0.05) is 0 Å². The molecule has 0 atom stereocenters. The van der Waals surface area contributed by atoms with E-state index in [4.69, 9.17) is 5.73 Å². The van der Waals surface area contributed by atoms with E-state index in [9.17, 15) is 4.79 Å². The van der Waals surface area contributed by atoms with E-state index in [1.54, 1.807) is 18.5 Å². The molecule has 0 unspecified atom stereocenters. The summed E-state index contributed by atoms with van der Waals surface area (Å²) in [6.07, 6.45) is 0. The first-order valence-electron chi connectivity index (χ1n) is 5.47. The molecule has 7 nitrogen and oxygen atoms in total. The smallest absolute Gasteiger partial charge is 0.277 e. The topological polar surface area (TPSA) is 98.7 Å². The fourth-order valence-electron chi connectivity index (χ4n) is 1.57. The number of hydrogen-bond donors (Lipinski definition) is 2. The van der Waals surface area contributed by atoms with Gasteiger partial charge in [-0.05, 0) is 20.8 Å². The number of amides is 1. The molecule has 2 aromatic heterocycles. The molecule has 0 bridgehead atoms. The second-order valence-electron chi connectivity index (χ2n) is 3.76. The van der Waals surface area contributed by atoms with Crippen LogP contribution in [0, 0.1) is 13.8 Å². The van der Waals surface area contributed by atoms with E-state index in [0.717, 1.165) is 11.5 Å². The summed E-state index contributed by atoms with van der Waals surface area (Å²) in [4.78, 5) is 16.2. The number of aryl methyl sites for hydroxylation is 3. The molecule has 18 heavy (non-hydrogen) atoms. The van der Waals surface area contributed by atoms with E-state index in [2.05, 4.69) is 19.8 Å². The van der Waals surface area contributed by atoms with Gasteiger partial charge in [-0.15, -0.1) is 0 Å². The average molecular weight is 266 g/mol. The first-order chi connectivity index (χ1) is 8.52. The standard InChI is InChI=1S/C10H14N6OS/c1-4-16-8(7(11)5(2)14-16)9(17)13-10-12-6(3)15-18-10/h4,11H2,1-3H3,(H,12,13,15,17). The van der Waals surface area contributed by atoms with Gasteiger partial charge in [0.1, 0.15) is 11.5 Å². The summed E-state index contributed by atoms with van der Waals surface area (Å²) in [6.45, 7) is 6.02. The van der Waals surface area contributed by atoms with Crippen LogP contribution in [0.5, 0.6) is 0 Å². The van der Waals surface area contributed by atoms with Crippen LogP contribution < -0.4 is 11.1 Å². The van der Waals surface area contributed by atoms with Crippen LogP contribution in [-0.2, 0) is 6.54 Å². The molecule has 0 aliphatic rings. The molecule has 0 fully saturated rings. The summed E-state index contributed by atoms with van der Waals surface area (Å²) in [5.41, 5.74) is 7.27. The maximum absolute atomic E-state index is 12.1.